The van der Waals surface area contributed by atoms with Crippen LogP contribution in [0.4, 0.5) is 21.5 Å². The van der Waals surface area contributed by atoms with E-state index in [9.17, 15) is 14.0 Å². The minimum Gasteiger partial charge on any atom is -0.496 e. The molecule has 0 unspecified atom stereocenters. The van der Waals surface area contributed by atoms with Gasteiger partial charge in [0.1, 0.15) is 30.1 Å². The third-order valence-corrected chi connectivity index (χ3v) is 6.23. The summed E-state index contributed by atoms with van der Waals surface area (Å²) in [5.41, 5.74) is 3.46. The molecule has 0 saturated heterocycles. The first-order chi connectivity index (χ1) is 18.4. The Bertz CT molecular complexity index is 1490. The molecule has 7 nitrogen and oxygen atoms in total. The van der Waals surface area contributed by atoms with Gasteiger partial charge in [-0.3, -0.25) is 14.5 Å². The highest BCUT2D eigenvalue weighted by Gasteiger charge is 2.35. The average Bonchev–Trinajstić information content (AvgIpc) is 2.93. The molecule has 0 fully saturated rings. The molecular weight excluding hydrogens is 485 g/mol. The van der Waals surface area contributed by atoms with Crippen LogP contribution in [0.1, 0.15) is 34.6 Å². The highest BCUT2D eigenvalue weighted by atomic mass is 19.1. The van der Waals surface area contributed by atoms with E-state index in [0.29, 0.717) is 28.4 Å². The van der Waals surface area contributed by atoms with Crippen molar-refractivity contribution in [3.63, 3.8) is 0 Å². The zero-order valence-electron chi connectivity index (χ0n) is 20.9. The average molecular weight is 512 g/mol. The molecule has 0 bridgehead atoms. The third-order valence-electron chi connectivity index (χ3n) is 6.23. The highest BCUT2D eigenvalue weighted by Crippen LogP contribution is 2.38. The lowest BCUT2D eigenvalue weighted by Gasteiger charge is -2.38. The number of anilines is 3. The minimum absolute atomic E-state index is 0.151. The van der Waals surface area contributed by atoms with Gasteiger partial charge in [-0.15, -0.1) is 0 Å². The van der Waals surface area contributed by atoms with Crippen LogP contribution in [0.2, 0.25) is 0 Å². The molecule has 0 radical (unpaired) electrons. The zero-order chi connectivity index (χ0) is 26.6. The summed E-state index contributed by atoms with van der Waals surface area (Å²) in [6, 6.07) is 26.0. The van der Waals surface area contributed by atoms with Gasteiger partial charge in [0.25, 0.3) is 5.91 Å². The number of rotatable bonds is 7. The summed E-state index contributed by atoms with van der Waals surface area (Å²) in [6.45, 7) is 1.64. The fourth-order valence-electron chi connectivity index (χ4n) is 4.46. The second-order valence-electron chi connectivity index (χ2n) is 8.78. The van der Waals surface area contributed by atoms with Gasteiger partial charge in [-0.05, 0) is 66.2 Å². The van der Waals surface area contributed by atoms with Gasteiger partial charge >= 0.3 is 0 Å². The fraction of sp³-hybridized carbons (Fsp3) is 0.133. The fourth-order valence-corrected chi connectivity index (χ4v) is 4.46. The molecule has 1 aliphatic heterocycles. The van der Waals surface area contributed by atoms with Crippen LogP contribution in [-0.4, -0.2) is 18.9 Å². The maximum absolute atomic E-state index is 14.9. The van der Waals surface area contributed by atoms with Crippen molar-refractivity contribution in [2.75, 3.05) is 22.6 Å². The summed E-state index contributed by atoms with van der Waals surface area (Å²) < 4.78 is 26.5. The van der Waals surface area contributed by atoms with Crippen molar-refractivity contribution in [2.45, 2.75) is 19.7 Å². The van der Waals surface area contributed by atoms with Crippen LogP contribution in [0, 0.1) is 5.82 Å². The van der Waals surface area contributed by atoms with E-state index in [0.717, 1.165) is 11.1 Å². The molecule has 1 heterocycles. The summed E-state index contributed by atoms with van der Waals surface area (Å²) in [5.74, 6) is 0.277. The Balaban J connectivity index is 1.47. The van der Waals surface area contributed by atoms with Gasteiger partial charge in [0.15, 0.2) is 0 Å². The Kier molecular flexibility index (Phi) is 6.95. The lowest BCUT2D eigenvalue weighted by atomic mass is 10.0. The Hall–Kier alpha value is -4.85. The summed E-state index contributed by atoms with van der Waals surface area (Å²) in [4.78, 5) is 26.3. The number of benzene rings is 4. The van der Waals surface area contributed by atoms with Gasteiger partial charge in [0.05, 0.1) is 18.4 Å². The van der Waals surface area contributed by atoms with Crippen molar-refractivity contribution in [1.82, 2.24) is 0 Å². The van der Waals surface area contributed by atoms with Crippen molar-refractivity contribution in [3.8, 4) is 11.5 Å². The Labute approximate surface area is 219 Å². The van der Waals surface area contributed by atoms with Crippen LogP contribution in [0.5, 0.6) is 11.5 Å². The van der Waals surface area contributed by atoms with E-state index in [2.05, 4.69) is 10.6 Å². The Morgan fingerprint density at radius 1 is 1.00 bits per heavy atom. The molecule has 38 heavy (non-hydrogen) atoms. The molecule has 4 aromatic carbocycles. The van der Waals surface area contributed by atoms with E-state index in [-0.39, 0.29) is 24.1 Å². The molecular formula is C30H26FN3O4. The maximum Gasteiger partial charge on any atom is 0.262 e. The molecule has 1 atom stereocenters. The van der Waals surface area contributed by atoms with Gasteiger partial charge in [-0.2, -0.15) is 0 Å². The normalized spacial score (nSPS) is 14.3. The molecule has 0 aromatic heterocycles. The van der Waals surface area contributed by atoms with Crippen LogP contribution < -0.4 is 25.0 Å². The number of para-hydroxylation sites is 2. The molecule has 1 aliphatic rings. The van der Waals surface area contributed by atoms with E-state index in [1.807, 2.05) is 24.3 Å². The summed E-state index contributed by atoms with van der Waals surface area (Å²) in [7, 11) is 1.57. The third kappa shape index (κ3) is 5.01. The molecule has 0 spiro atoms. The van der Waals surface area contributed by atoms with Crippen molar-refractivity contribution in [2.24, 2.45) is 0 Å². The van der Waals surface area contributed by atoms with Crippen LogP contribution in [0.15, 0.2) is 91.0 Å². The summed E-state index contributed by atoms with van der Waals surface area (Å²) in [6.07, 6.45) is -0.670. The number of carbonyl (C=O) groups is 2. The van der Waals surface area contributed by atoms with Crippen molar-refractivity contribution in [3.05, 3.63) is 114 Å². The largest absolute Gasteiger partial charge is 0.496 e. The number of carbonyl (C=O) groups excluding carboxylic acids is 2. The zero-order valence-corrected chi connectivity index (χ0v) is 20.9. The molecule has 192 valence electrons. The lowest BCUT2D eigenvalue weighted by Crippen LogP contribution is -2.43. The summed E-state index contributed by atoms with van der Waals surface area (Å²) in [5, 5.41) is 6.12. The molecule has 2 amide bonds. The number of halogens is 1. The topological polar surface area (TPSA) is 79.9 Å². The van der Waals surface area contributed by atoms with Crippen LogP contribution in [-0.2, 0) is 11.4 Å². The van der Waals surface area contributed by atoms with Gasteiger partial charge in [0, 0.05) is 23.9 Å². The Morgan fingerprint density at radius 2 is 1.74 bits per heavy atom. The standard InChI is InChI=1S/C30H26FN3O4/c1-19(35)32-22-12-14-23(15-13-22)38-18-21-17-20(11-16-28(21)37-2)29-33-26-9-5-3-7-24(26)30(36)34(29)27-10-6-4-8-25(27)31/h3-17,29,33H,18H2,1-2H3,(H,32,35)/t29-/m0/s1. The number of hydrogen-bond acceptors (Lipinski definition) is 5. The number of methoxy groups -OCH3 is 1. The second-order valence-corrected chi connectivity index (χ2v) is 8.78. The summed E-state index contributed by atoms with van der Waals surface area (Å²) >= 11 is 0. The monoisotopic (exact) mass is 511 g/mol. The van der Waals surface area contributed by atoms with E-state index < -0.39 is 12.0 Å². The predicted octanol–water partition coefficient (Wildman–Crippen LogP) is 6.14. The van der Waals surface area contributed by atoms with Crippen LogP contribution in [0.25, 0.3) is 0 Å². The predicted molar refractivity (Wildman–Crippen MR) is 144 cm³/mol. The van der Waals surface area contributed by atoms with E-state index in [4.69, 9.17) is 9.47 Å². The molecule has 0 aliphatic carbocycles. The van der Waals surface area contributed by atoms with Gasteiger partial charge in [0.2, 0.25) is 5.91 Å². The molecule has 2 N–H and O–H groups in total. The highest BCUT2D eigenvalue weighted by molar-refractivity contribution is 6.12. The van der Waals surface area contributed by atoms with Gasteiger partial charge < -0.3 is 20.1 Å². The van der Waals surface area contributed by atoms with E-state index in [1.54, 1.807) is 67.8 Å². The van der Waals surface area contributed by atoms with Crippen molar-refractivity contribution < 1.29 is 23.5 Å². The lowest BCUT2D eigenvalue weighted by molar-refractivity contribution is -0.114. The number of fused-ring (bicyclic) bond motifs is 1. The molecule has 4 aromatic rings. The number of nitrogens with one attached hydrogen (secondary N) is 2. The van der Waals surface area contributed by atoms with Crippen LogP contribution >= 0.6 is 0 Å². The molecule has 8 heteroatoms. The smallest absolute Gasteiger partial charge is 0.262 e. The number of amides is 2. The van der Waals surface area contributed by atoms with Crippen molar-refractivity contribution in [1.29, 1.82) is 0 Å². The second kappa shape index (κ2) is 10.6. The maximum atomic E-state index is 14.9. The van der Waals surface area contributed by atoms with Gasteiger partial charge in [-0.25, -0.2) is 4.39 Å². The SMILES string of the molecule is COc1ccc([C@H]2Nc3ccccc3C(=O)N2c2ccccc2F)cc1COc1ccc(NC(C)=O)cc1. The minimum atomic E-state index is -0.670. The molecule has 0 saturated carbocycles. The van der Waals surface area contributed by atoms with Crippen molar-refractivity contribution >= 4 is 28.9 Å². The first kappa shape index (κ1) is 24.8. The van der Waals surface area contributed by atoms with E-state index >= 15 is 0 Å². The number of hydrogen-bond donors (Lipinski definition) is 2. The van der Waals surface area contributed by atoms with Gasteiger partial charge in [-0.1, -0.05) is 30.3 Å². The molecule has 5 rings (SSSR count). The van der Waals surface area contributed by atoms with Crippen LogP contribution in [0.3, 0.4) is 0 Å². The van der Waals surface area contributed by atoms with E-state index in [1.165, 1.54) is 17.9 Å². The Morgan fingerprint density at radius 3 is 2.47 bits per heavy atom. The first-order valence-corrected chi connectivity index (χ1v) is 12.1. The number of ether oxygens (including phenoxy) is 2. The first-order valence-electron chi connectivity index (χ1n) is 12.1. The number of nitrogens with zero attached hydrogens (tertiary/aromatic N) is 1. The quantitative estimate of drug-likeness (QED) is 0.311.